The van der Waals surface area contributed by atoms with Gasteiger partial charge in [0.2, 0.25) is 5.95 Å². The first-order valence-electron chi connectivity index (χ1n) is 8.25. The Morgan fingerprint density at radius 1 is 1.20 bits per heavy atom. The van der Waals surface area contributed by atoms with Gasteiger partial charge in [-0.15, -0.1) is 0 Å². The molecule has 2 amide bonds. The van der Waals surface area contributed by atoms with E-state index in [0.29, 0.717) is 32.3 Å². The zero-order valence-electron chi connectivity index (χ0n) is 13.5. The van der Waals surface area contributed by atoms with Crippen LogP contribution in [0.1, 0.15) is 23.2 Å². The Labute approximate surface area is 143 Å². The molecule has 2 N–H and O–H groups in total. The van der Waals surface area contributed by atoms with Crippen LogP contribution >= 0.6 is 0 Å². The van der Waals surface area contributed by atoms with Crippen LogP contribution in [0.3, 0.4) is 0 Å². The van der Waals surface area contributed by atoms with Crippen molar-refractivity contribution in [2.24, 2.45) is 0 Å². The Bertz CT molecular complexity index is 663. The van der Waals surface area contributed by atoms with Crippen molar-refractivity contribution in [3.8, 4) is 0 Å². The van der Waals surface area contributed by atoms with Gasteiger partial charge in [0.1, 0.15) is 6.10 Å². The fourth-order valence-corrected chi connectivity index (χ4v) is 3.35. The van der Waals surface area contributed by atoms with Crippen molar-refractivity contribution in [1.82, 2.24) is 20.3 Å². The fraction of sp³-hybridized carbons (Fsp3) is 0.600. The first kappa shape index (κ1) is 16.0. The third-order valence-corrected chi connectivity index (χ3v) is 4.94. The summed E-state index contributed by atoms with van der Waals surface area (Å²) in [4.78, 5) is 35.5. The number of hydroxylamine groups is 1. The lowest BCUT2D eigenvalue weighted by Gasteiger charge is -2.61. The van der Waals surface area contributed by atoms with Crippen molar-refractivity contribution in [2.45, 2.75) is 31.0 Å². The Balaban J connectivity index is 1.30. The number of carbonyl (C=O) groups excluding carboxylic acids is 2. The van der Waals surface area contributed by atoms with Crippen molar-refractivity contribution >= 4 is 17.9 Å². The molecule has 3 aliphatic rings. The van der Waals surface area contributed by atoms with Crippen molar-refractivity contribution < 1.29 is 24.3 Å². The molecule has 0 aliphatic carbocycles. The van der Waals surface area contributed by atoms with Gasteiger partial charge < -0.3 is 14.4 Å². The number of nitrogens with one attached hydrogen (secondary N) is 1. The molecule has 3 saturated heterocycles. The summed E-state index contributed by atoms with van der Waals surface area (Å²) in [5.74, 6) is -0.146. The van der Waals surface area contributed by atoms with Gasteiger partial charge in [-0.25, -0.2) is 20.2 Å². The highest BCUT2D eigenvalue weighted by molar-refractivity contribution is 5.92. The summed E-state index contributed by atoms with van der Waals surface area (Å²) in [5, 5.41) is 8.59. The van der Waals surface area contributed by atoms with E-state index >= 15 is 0 Å². The molecular weight excluding hydrogens is 330 g/mol. The number of rotatable bonds is 3. The van der Waals surface area contributed by atoms with Gasteiger partial charge >= 0.3 is 6.09 Å². The van der Waals surface area contributed by atoms with E-state index in [1.54, 1.807) is 4.90 Å². The van der Waals surface area contributed by atoms with Crippen LogP contribution in [-0.2, 0) is 9.47 Å². The van der Waals surface area contributed by atoms with Crippen molar-refractivity contribution in [2.75, 3.05) is 31.2 Å². The molecule has 0 bridgehead atoms. The highest BCUT2D eigenvalue weighted by atomic mass is 16.6. The van der Waals surface area contributed by atoms with E-state index in [4.69, 9.17) is 14.7 Å². The molecule has 10 nitrogen and oxygen atoms in total. The molecule has 1 aromatic heterocycles. The molecule has 3 aliphatic heterocycles. The number of fused-ring (bicyclic) bond motifs is 1. The molecule has 0 saturated carbocycles. The van der Waals surface area contributed by atoms with Crippen LogP contribution in [-0.4, -0.2) is 76.6 Å². The summed E-state index contributed by atoms with van der Waals surface area (Å²) < 4.78 is 10.8. The zero-order chi connectivity index (χ0) is 17.4. The maximum absolute atomic E-state index is 12.2. The largest absolute Gasteiger partial charge is 0.446 e. The first-order valence-corrected chi connectivity index (χ1v) is 8.25. The van der Waals surface area contributed by atoms with Crippen LogP contribution in [0.25, 0.3) is 0 Å². The van der Waals surface area contributed by atoms with Gasteiger partial charge in [-0.1, -0.05) is 0 Å². The topological polar surface area (TPSA) is 117 Å². The molecule has 3 fully saturated rings. The molecule has 1 aromatic rings. The van der Waals surface area contributed by atoms with Crippen LogP contribution < -0.4 is 10.4 Å². The molecule has 4 heterocycles. The van der Waals surface area contributed by atoms with Crippen LogP contribution in [0.15, 0.2) is 12.4 Å². The van der Waals surface area contributed by atoms with Crippen molar-refractivity contribution in [1.29, 1.82) is 0 Å². The maximum Gasteiger partial charge on any atom is 0.410 e. The number of likely N-dealkylation sites (tertiary alicyclic amines) is 1. The van der Waals surface area contributed by atoms with E-state index in [1.165, 1.54) is 17.9 Å². The molecule has 134 valence electrons. The monoisotopic (exact) mass is 349 g/mol. The fourth-order valence-electron chi connectivity index (χ4n) is 3.35. The molecule has 0 spiro atoms. The molecule has 0 aromatic carbocycles. The quantitative estimate of drug-likeness (QED) is 0.568. The molecule has 10 heteroatoms. The van der Waals surface area contributed by atoms with Gasteiger partial charge in [-0.05, 0) is 0 Å². The lowest BCUT2D eigenvalue weighted by Crippen LogP contribution is -2.80. The Morgan fingerprint density at radius 3 is 2.52 bits per heavy atom. The predicted molar refractivity (Wildman–Crippen MR) is 83.2 cm³/mol. The van der Waals surface area contributed by atoms with E-state index in [-0.39, 0.29) is 29.8 Å². The third-order valence-electron chi connectivity index (χ3n) is 4.94. The van der Waals surface area contributed by atoms with Crippen molar-refractivity contribution in [3.05, 3.63) is 18.0 Å². The molecule has 4 rings (SSSR count). The van der Waals surface area contributed by atoms with E-state index in [9.17, 15) is 9.59 Å². The SMILES string of the molecule is O=C(NO)c1cnc(N2CC3[C@H]2CN3C(=O)OC2CCOCC2)nc1. The van der Waals surface area contributed by atoms with Crippen LogP contribution in [0.4, 0.5) is 10.7 Å². The zero-order valence-corrected chi connectivity index (χ0v) is 13.5. The predicted octanol–water partition coefficient (Wildman–Crippen LogP) is -0.216. The van der Waals surface area contributed by atoms with E-state index < -0.39 is 5.91 Å². The van der Waals surface area contributed by atoms with Crippen molar-refractivity contribution in [3.63, 3.8) is 0 Å². The number of anilines is 1. The average molecular weight is 349 g/mol. The highest BCUT2D eigenvalue weighted by Gasteiger charge is 2.55. The van der Waals surface area contributed by atoms with Gasteiger partial charge in [0.25, 0.3) is 5.91 Å². The molecule has 1 unspecified atom stereocenters. The number of amides is 2. The summed E-state index contributed by atoms with van der Waals surface area (Å²) in [6.45, 7) is 2.49. The van der Waals surface area contributed by atoms with Crippen LogP contribution in [0, 0.1) is 0 Å². The average Bonchev–Trinajstić information content (AvgIpc) is 2.63. The van der Waals surface area contributed by atoms with Crippen LogP contribution in [0.2, 0.25) is 0 Å². The number of piperazine rings is 1. The van der Waals surface area contributed by atoms with E-state index in [2.05, 4.69) is 9.97 Å². The normalized spacial score (nSPS) is 25.5. The third kappa shape index (κ3) is 2.87. The van der Waals surface area contributed by atoms with Gasteiger partial charge in [0, 0.05) is 38.3 Å². The minimum absolute atomic E-state index is 0.0509. The lowest BCUT2D eigenvalue weighted by molar-refractivity contribution is -0.0413. The van der Waals surface area contributed by atoms with Gasteiger partial charge in [0.05, 0.1) is 30.9 Å². The van der Waals surface area contributed by atoms with Crippen LogP contribution in [0.5, 0.6) is 0 Å². The first-order chi connectivity index (χ1) is 12.2. The maximum atomic E-state index is 12.2. The number of nitrogens with zero attached hydrogens (tertiary/aromatic N) is 4. The number of hydrogen-bond acceptors (Lipinski definition) is 8. The molecule has 0 radical (unpaired) electrons. The molecule has 2 atom stereocenters. The van der Waals surface area contributed by atoms with Gasteiger partial charge in [-0.3, -0.25) is 14.9 Å². The summed E-state index contributed by atoms with van der Waals surface area (Å²) in [7, 11) is 0. The summed E-state index contributed by atoms with van der Waals surface area (Å²) in [6, 6.07) is 0.302. The summed E-state index contributed by atoms with van der Waals surface area (Å²) in [5.41, 5.74) is 1.72. The number of hydrogen-bond donors (Lipinski definition) is 2. The minimum atomic E-state index is -0.654. The van der Waals surface area contributed by atoms with E-state index in [1.807, 2.05) is 4.90 Å². The number of carbonyl (C=O) groups is 2. The Kier molecular flexibility index (Phi) is 4.14. The minimum Gasteiger partial charge on any atom is -0.446 e. The summed E-state index contributed by atoms with van der Waals surface area (Å²) >= 11 is 0. The van der Waals surface area contributed by atoms with Gasteiger partial charge in [0.15, 0.2) is 0 Å². The second kappa shape index (κ2) is 6.45. The summed E-state index contributed by atoms with van der Waals surface area (Å²) in [6.07, 6.45) is 3.91. The second-order valence-corrected chi connectivity index (χ2v) is 6.35. The molecular formula is C15H19N5O5. The second-order valence-electron chi connectivity index (χ2n) is 6.35. The Morgan fingerprint density at radius 2 is 1.92 bits per heavy atom. The number of ether oxygens (including phenoxy) is 2. The smallest absolute Gasteiger partial charge is 0.410 e. The lowest BCUT2D eigenvalue weighted by atomic mass is 9.86. The molecule has 25 heavy (non-hydrogen) atoms. The Hall–Kier alpha value is -2.46. The van der Waals surface area contributed by atoms with E-state index in [0.717, 1.165) is 12.8 Å². The highest BCUT2D eigenvalue weighted by Crippen LogP contribution is 2.36. The number of aromatic nitrogens is 2. The standard InChI is InChI=1S/C15H19N5O5/c21-13(18-23)9-5-16-14(17-6-9)19-7-12-11(19)8-20(12)15(22)25-10-1-3-24-4-2-10/h5-6,10-12,23H,1-4,7-8H2,(H,18,21)/t11-,12?/m1/s1. The van der Waals surface area contributed by atoms with Gasteiger partial charge in [-0.2, -0.15) is 0 Å².